The van der Waals surface area contributed by atoms with E-state index < -0.39 is 0 Å². The predicted octanol–water partition coefficient (Wildman–Crippen LogP) is 2.37. The summed E-state index contributed by atoms with van der Waals surface area (Å²) in [6, 6.07) is 0. The highest BCUT2D eigenvalue weighted by molar-refractivity contribution is 4.89. The summed E-state index contributed by atoms with van der Waals surface area (Å²) >= 11 is 0. The van der Waals surface area contributed by atoms with Crippen LogP contribution >= 0.6 is 0 Å². The second kappa shape index (κ2) is 5.52. The van der Waals surface area contributed by atoms with Crippen LogP contribution in [-0.4, -0.2) is 23.9 Å². The molecular formula is C12H22O2. The summed E-state index contributed by atoms with van der Waals surface area (Å²) in [5.41, 5.74) is 0. The third-order valence-electron chi connectivity index (χ3n) is 2.77. The second-order valence-corrected chi connectivity index (χ2v) is 4.64. The maximum absolute atomic E-state index is 9.74. The van der Waals surface area contributed by atoms with Gasteiger partial charge in [-0.15, -0.1) is 6.58 Å². The van der Waals surface area contributed by atoms with E-state index in [-0.39, 0.29) is 12.2 Å². The SMILES string of the molecule is C=CC1CCC(O)C(OCC(C)C)C1. The molecule has 0 spiro atoms. The van der Waals surface area contributed by atoms with E-state index in [2.05, 4.69) is 20.4 Å². The zero-order valence-corrected chi connectivity index (χ0v) is 9.28. The van der Waals surface area contributed by atoms with E-state index in [1.54, 1.807) is 0 Å². The van der Waals surface area contributed by atoms with E-state index in [1.165, 1.54) is 0 Å². The highest BCUT2D eigenvalue weighted by atomic mass is 16.5. The van der Waals surface area contributed by atoms with Crippen molar-refractivity contribution in [2.24, 2.45) is 11.8 Å². The molecule has 1 saturated carbocycles. The molecule has 0 heterocycles. The van der Waals surface area contributed by atoms with Gasteiger partial charge in [0.25, 0.3) is 0 Å². The van der Waals surface area contributed by atoms with Gasteiger partial charge in [0.2, 0.25) is 0 Å². The van der Waals surface area contributed by atoms with Crippen LogP contribution in [-0.2, 0) is 4.74 Å². The Morgan fingerprint density at radius 3 is 2.79 bits per heavy atom. The molecule has 1 aliphatic rings. The first-order chi connectivity index (χ1) is 6.63. The summed E-state index contributed by atoms with van der Waals surface area (Å²) in [4.78, 5) is 0. The van der Waals surface area contributed by atoms with Crippen LogP contribution < -0.4 is 0 Å². The number of aliphatic hydroxyl groups is 1. The Morgan fingerprint density at radius 1 is 1.50 bits per heavy atom. The Morgan fingerprint density at radius 2 is 2.21 bits per heavy atom. The summed E-state index contributed by atoms with van der Waals surface area (Å²) in [5, 5.41) is 9.74. The lowest BCUT2D eigenvalue weighted by Gasteiger charge is -2.32. The van der Waals surface area contributed by atoms with Crippen LogP contribution in [0.25, 0.3) is 0 Å². The molecule has 0 aromatic rings. The molecule has 82 valence electrons. The van der Waals surface area contributed by atoms with E-state index in [0.29, 0.717) is 11.8 Å². The quantitative estimate of drug-likeness (QED) is 0.703. The molecule has 0 aliphatic heterocycles. The maximum atomic E-state index is 9.74. The lowest BCUT2D eigenvalue weighted by molar-refractivity contribution is -0.0735. The maximum Gasteiger partial charge on any atom is 0.0839 e. The first-order valence-corrected chi connectivity index (χ1v) is 5.55. The van der Waals surface area contributed by atoms with Gasteiger partial charge in [0.05, 0.1) is 12.2 Å². The summed E-state index contributed by atoms with van der Waals surface area (Å²) in [7, 11) is 0. The van der Waals surface area contributed by atoms with Crippen LogP contribution in [0.15, 0.2) is 12.7 Å². The number of hydrogen-bond acceptors (Lipinski definition) is 2. The van der Waals surface area contributed by atoms with Crippen LogP contribution in [0.1, 0.15) is 33.1 Å². The Bertz CT molecular complexity index is 177. The topological polar surface area (TPSA) is 29.5 Å². The lowest BCUT2D eigenvalue weighted by Crippen LogP contribution is -2.36. The molecule has 0 aromatic heterocycles. The van der Waals surface area contributed by atoms with Crippen molar-refractivity contribution in [1.29, 1.82) is 0 Å². The monoisotopic (exact) mass is 198 g/mol. The molecule has 1 fully saturated rings. The minimum atomic E-state index is -0.273. The number of allylic oxidation sites excluding steroid dienone is 1. The average molecular weight is 198 g/mol. The van der Waals surface area contributed by atoms with E-state index in [1.807, 2.05) is 6.08 Å². The predicted molar refractivity (Wildman–Crippen MR) is 58.1 cm³/mol. The molecule has 3 unspecified atom stereocenters. The normalized spacial score (nSPS) is 33.3. The second-order valence-electron chi connectivity index (χ2n) is 4.64. The molecule has 1 rings (SSSR count). The van der Waals surface area contributed by atoms with E-state index in [9.17, 15) is 5.11 Å². The summed E-state index contributed by atoms with van der Waals surface area (Å²) in [6.07, 6.45) is 4.56. The van der Waals surface area contributed by atoms with Gasteiger partial charge in [-0.3, -0.25) is 0 Å². The van der Waals surface area contributed by atoms with Gasteiger partial charge < -0.3 is 9.84 Å². The standard InChI is InChI=1S/C12H22O2/c1-4-10-5-6-11(13)12(7-10)14-8-9(2)3/h4,9-13H,1,5-8H2,2-3H3. The Hall–Kier alpha value is -0.340. The van der Waals surface area contributed by atoms with Crippen LogP contribution in [0, 0.1) is 11.8 Å². The Balaban J connectivity index is 2.36. The van der Waals surface area contributed by atoms with E-state index >= 15 is 0 Å². The van der Waals surface area contributed by atoms with Crippen molar-refractivity contribution in [1.82, 2.24) is 0 Å². The highest BCUT2D eigenvalue weighted by Gasteiger charge is 2.28. The first kappa shape index (κ1) is 11.7. The van der Waals surface area contributed by atoms with Gasteiger partial charge >= 0.3 is 0 Å². The van der Waals surface area contributed by atoms with Crippen molar-refractivity contribution in [2.45, 2.75) is 45.3 Å². The fourth-order valence-corrected chi connectivity index (χ4v) is 1.85. The third kappa shape index (κ3) is 3.43. The summed E-state index contributed by atoms with van der Waals surface area (Å²) < 4.78 is 5.69. The van der Waals surface area contributed by atoms with Crippen molar-refractivity contribution in [3.8, 4) is 0 Å². The van der Waals surface area contributed by atoms with E-state index in [4.69, 9.17) is 4.74 Å². The molecular weight excluding hydrogens is 176 g/mol. The molecule has 0 radical (unpaired) electrons. The smallest absolute Gasteiger partial charge is 0.0839 e. The van der Waals surface area contributed by atoms with E-state index in [0.717, 1.165) is 25.9 Å². The average Bonchev–Trinajstić information content (AvgIpc) is 2.16. The van der Waals surface area contributed by atoms with Crippen molar-refractivity contribution in [3.63, 3.8) is 0 Å². The third-order valence-corrected chi connectivity index (χ3v) is 2.77. The molecule has 3 atom stereocenters. The number of ether oxygens (including phenoxy) is 1. The Kier molecular flexibility index (Phi) is 4.63. The molecule has 2 nitrogen and oxygen atoms in total. The number of aliphatic hydroxyl groups excluding tert-OH is 1. The van der Waals surface area contributed by atoms with Crippen molar-refractivity contribution in [2.75, 3.05) is 6.61 Å². The van der Waals surface area contributed by atoms with Gasteiger partial charge in [0.15, 0.2) is 0 Å². The fraction of sp³-hybridized carbons (Fsp3) is 0.833. The van der Waals surface area contributed by atoms with Gasteiger partial charge in [0, 0.05) is 6.61 Å². The lowest BCUT2D eigenvalue weighted by atomic mass is 9.85. The van der Waals surface area contributed by atoms with Crippen LogP contribution in [0.4, 0.5) is 0 Å². The largest absolute Gasteiger partial charge is 0.390 e. The zero-order valence-electron chi connectivity index (χ0n) is 9.28. The molecule has 1 N–H and O–H groups in total. The molecule has 0 aromatic carbocycles. The van der Waals surface area contributed by atoms with Crippen molar-refractivity contribution in [3.05, 3.63) is 12.7 Å². The van der Waals surface area contributed by atoms with Crippen LogP contribution in [0.5, 0.6) is 0 Å². The van der Waals surface area contributed by atoms with Crippen molar-refractivity contribution >= 4 is 0 Å². The van der Waals surface area contributed by atoms with Gasteiger partial charge in [-0.2, -0.15) is 0 Å². The minimum Gasteiger partial charge on any atom is -0.390 e. The number of rotatable bonds is 4. The zero-order chi connectivity index (χ0) is 10.6. The molecule has 0 saturated heterocycles. The number of hydrogen-bond donors (Lipinski definition) is 1. The Labute approximate surface area is 87.0 Å². The molecule has 14 heavy (non-hydrogen) atoms. The minimum absolute atomic E-state index is 0.0224. The molecule has 0 bridgehead atoms. The summed E-state index contributed by atoms with van der Waals surface area (Å²) in [5.74, 6) is 1.06. The molecule has 1 aliphatic carbocycles. The van der Waals surface area contributed by atoms with Crippen LogP contribution in [0.2, 0.25) is 0 Å². The molecule has 2 heteroatoms. The highest BCUT2D eigenvalue weighted by Crippen LogP contribution is 2.27. The summed E-state index contributed by atoms with van der Waals surface area (Å²) in [6.45, 7) is 8.79. The van der Waals surface area contributed by atoms with Crippen molar-refractivity contribution < 1.29 is 9.84 Å². The first-order valence-electron chi connectivity index (χ1n) is 5.55. The molecule has 0 amide bonds. The fourth-order valence-electron chi connectivity index (χ4n) is 1.85. The van der Waals surface area contributed by atoms with Crippen LogP contribution in [0.3, 0.4) is 0 Å². The van der Waals surface area contributed by atoms with Gasteiger partial charge in [-0.05, 0) is 31.1 Å². The van der Waals surface area contributed by atoms with Gasteiger partial charge in [-0.1, -0.05) is 19.9 Å². The van der Waals surface area contributed by atoms with Gasteiger partial charge in [-0.25, -0.2) is 0 Å². The van der Waals surface area contributed by atoms with Gasteiger partial charge in [0.1, 0.15) is 0 Å².